The zero-order valence-corrected chi connectivity index (χ0v) is 9.37. The summed E-state index contributed by atoms with van der Waals surface area (Å²) in [6, 6.07) is 0. The first-order valence-corrected chi connectivity index (χ1v) is 5.68. The molecule has 2 rings (SSSR count). The van der Waals surface area contributed by atoms with E-state index in [0.29, 0.717) is 0 Å². The Morgan fingerprint density at radius 3 is 3.07 bits per heavy atom. The van der Waals surface area contributed by atoms with E-state index in [9.17, 15) is 5.11 Å². The fourth-order valence-corrected chi connectivity index (χ4v) is 2.17. The molecule has 0 aliphatic heterocycles. The van der Waals surface area contributed by atoms with Crippen molar-refractivity contribution in [2.45, 2.75) is 45.3 Å². The molecule has 0 amide bonds. The van der Waals surface area contributed by atoms with Gasteiger partial charge in [0.05, 0.1) is 6.10 Å². The van der Waals surface area contributed by atoms with Crippen molar-refractivity contribution in [2.75, 3.05) is 0 Å². The number of hydrogen-bond acceptors (Lipinski definition) is 1. The molecule has 1 atom stereocenters. The van der Waals surface area contributed by atoms with Gasteiger partial charge in [-0.15, -0.1) is 6.58 Å². The van der Waals surface area contributed by atoms with E-state index in [1.165, 1.54) is 11.1 Å². The highest BCUT2D eigenvalue weighted by molar-refractivity contribution is 5.29. The van der Waals surface area contributed by atoms with E-state index in [1.54, 1.807) is 0 Å². The SMILES string of the molecule is C=C(C)CCn1cc2c(c1)C(O)CCC2. The van der Waals surface area contributed by atoms with Gasteiger partial charge < -0.3 is 9.67 Å². The molecular weight excluding hydrogens is 186 g/mol. The maximum Gasteiger partial charge on any atom is 0.0807 e. The van der Waals surface area contributed by atoms with Crippen molar-refractivity contribution in [2.24, 2.45) is 0 Å². The molecule has 0 fully saturated rings. The maximum atomic E-state index is 9.82. The molecule has 0 radical (unpaired) electrons. The quantitative estimate of drug-likeness (QED) is 0.754. The topological polar surface area (TPSA) is 25.2 Å². The van der Waals surface area contributed by atoms with Crippen LogP contribution in [0.4, 0.5) is 0 Å². The van der Waals surface area contributed by atoms with Crippen LogP contribution in [0.2, 0.25) is 0 Å². The van der Waals surface area contributed by atoms with Crippen LogP contribution in [-0.2, 0) is 13.0 Å². The number of allylic oxidation sites excluding steroid dienone is 1. The van der Waals surface area contributed by atoms with Gasteiger partial charge >= 0.3 is 0 Å². The molecule has 0 bridgehead atoms. The Balaban J connectivity index is 2.11. The molecule has 1 N–H and O–H groups in total. The van der Waals surface area contributed by atoms with Crippen LogP contribution in [0.15, 0.2) is 24.5 Å². The molecule has 1 aliphatic carbocycles. The molecule has 2 nitrogen and oxygen atoms in total. The van der Waals surface area contributed by atoms with Gasteiger partial charge in [-0.25, -0.2) is 0 Å². The number of nitrogens with zero attached hydrogens (tertiary/aromatic N) is 1. The molecule has 1 unspecified atom stereocenters. The van der Waals surface area contributed by atoms with Gasteiger partial charge in [-0.05, 0) is 38.2 Å². The number of aliphatic hydroxyl groups excluding tert-OH is 1. The summed E-state index contributed by atoms with van der Waals surface area (Å²) in [5.41, 5.74) is 3.68. The average Bonchev–Trinajstić information content (AvgIpc) is 2.59. The Kier molecular flexibility index (Phi) is 2.96. The molecule has 1 aromatic rings. The summed E-state index contributed by atoms with van der Waals surface area (Å²) in [5, 5.41) is 9.82. The van der Waals surface area contributed by atoms with Gasteiger partial charge in [0.1, 0.15) is 0 Å². The van der Waals surface area contributed by atoms with Crippen LogP contribution in [0.25, 0.3) is 0 Å². The highest BCUT2D eigenvalue weighted by atomic mass is 16.3. The lowest BCUT2D eigenvalue weighted by molar-refractivity contribution is 0.157. The molecule has 1 heterocycles. The molecule has 15 heavy (non-hydrogen) atoms. The van der Waals surface area contributed by atoms with Crippen molar-refractivity contribution in [1.82, 2.24) is 4.57 Å². The van der Waals surface area contributed by atoms with E-state index >= 15 is 0 Å². The minimum Gasteiger partial charge on any atom is -0.388 e. The monoisotopic (exact) mass is 205 g/mol. The van der Waals surface area contributed by atoms with Gasteiger partial charge in [-0.3, -0.25) is 0 Å². The normalized spacial score (nSPS) is 20.0. The third-order valence-corrected chi connectivity index (χ3v) is 3.08. The predicted octanol–water partition coefficient (Wildman–Crippen LogP) is 2.82. The van der Waals surface area contributed by atoms with Crippen molar-refractivity contribution < 1.29 is 5.11 Å². The van der Waals surface area contributed by atoms with E-state index < -0.39 is 0 Å². The minimum atomic E-state index is -0.236. The highest BCUT2D eigenvalue weighted by Crippen LogP contribution is 2.30. The second kappa shape index (κ2) is 4.23. The number of rotatable bonds is 3. The third-order valence-electron chi connectivity index (χ3n) is 3.08. The van der Waals surface area contributed by atoms with E-state index in [-0.39, 0.29) is 6.10 Å². The molecular formula is C13H19NO. The first kappa shape index (κ1) is 10.5. The second-order valence-electron chi connectivity index (χ2n) is 4.59. The number of hydrogen-bond donors (Lipinski definition) is 1. The molecule has 82 valence electrons. The van der Waals surface area contributed by atoms with Crippen molar-refractivity contribution in [3.63, 3.8) is 0 Å². The fraction of sp³-hybridized carbons (Fsp3) is 0.538. The number of aliphatic hydroxyl groups is 1. The van der Waals surface area contributed by atoms with Crippen LogP contribution in [0.5, 0.6) is 0 Å². The Morgan fingerprint density at radius 1 is 1.60 bits per heavy atom. The number of aromatic nitrogens is 1. The Bertz CT molecular complexity index is 365. The lowest BCUT2D eigenvalue weighted by atomic mass is 9.93. The first-order valence-electron chi connectivity index (χ1n) is 5.68. The van der Waals surface area contributed by atoms with Gasteiger partial charge in [0, 0.05) is 24.5 Å². The summed E-state index contributed by atoms with van der Waals surface area (Å²) in [5.74, 6) is 0. The zero-order valence-electron chi connectivity index (χ0n) is 9.37. The van der Waals surface area contributed by atoms with E-state index in [2.05, 4.69) is 30.5 Å². The van der Waals surface area contributed by atoms with Crippen LogP contribution in [0.1, 0.15) is 43.4 Å². The van der Waals surface area contributed by atoms with Crippen LogP contribution in [0.3, 0.4) is 0 Å². The van der Waals surface area contributed by atoms with Crippen molar-refractivity contribution in [3.8, 4) is 0 Å². The van der Waals surface area contributed by atoms with Crippen LogP contribution in [0, 0.1) is 0 Å². The molecule has 1 aliphatic rings. The molecule has 0 aromatic carbocycles. The smallest absolute Gasteiger partial charge is 0.0807 e. The molecule has 0 saturated heterocycles. The van der Waals surface area contributed by atoms with Crippen LogP contribution in [-0.4, -0.2) is 9.67 Å². The summed E-state index contributed by atoms with van der Waals surface area (Å²) >= 11 is 0. The fourth-order valence-electron chi connectivity index (χ4n) is 2.17. The van der Waals surface area contributed by atoms with Crippen LogP contribution < -0.4 is 0 Å². The van der Waals surface area contributed by atoms with Crippen molar-refractivity contribution in [1.29, 1.82) is 0 Å². The first-order chi connectivity index (χ1) is 7.16. The third kappa shape index (κ3) is 2.32. The van der Waals surface area contributed by atoms with Gasteiger partial charge in [0.2, 0.25) is 0 Å². The van der Waals surface area contributed by atoms with E-state index in [0.717, 1.165) is 37.8 Å². The highest BCUT2D eigenvalue weighted by Gasteiger charge is 2.19. The number of aryl methyl sites for hydroxylation is 2. The lowest BCUT2D eigenvalue weighted by Crippen LogP contribution is -2.05. The Morgan fingerprint density at radius 2 is 2.40 bits per heavy atom. The van der Waals surface area contributed by atoms with Crippen molar-refractivity contribution in [3.05, 3.63) is 35.7 Å². The van der Waals surface area contributed by atoms with Gasteiger partial charge in [0.15, 0.2) is 0 Å². The van der Waals surface area contributed by atoms with Gasteiger partial charge in [0.25, 0.3) is 0 Å². The largest absolute Gasteiger partial charge is 0.388 e. The van der Waals surface area contributed by atoms with Gasteiger partial charge in [-0.1, -0.05) is 5.57 Å². The van der Waals surface area contributed by atoms with Crippen molar-refractivity contribution >= 4 is 0 Å². The summed E-state index contributed by atoms with van der Waals surface area (Å²) < 4.78 is 2.19. The molecule has 0 saturated carbocycles. The summed E-state index contributed by atoms with van der Waals surface area (Å²) in [4.78, 5) is 0. The molecule has 1 aromatic heterocycles. The Labute approximate surface area is 91.2 Å². The van der Waals surface area contributed by atoms with Crippen LogP contribution >= 0.6 is 0 Å². The van der Waals surface area contributed by atoms with E-state index in [4.69, 9.17) is 0 Å². The predicted molar refractivity (Wildman–Crippen MR) is 61.8 cm³/mol. The summed E-state index contributed by atoms with van der Waals surface area (Å²) in [7, 11) is 0. The Hall–Kier alpha value is -1.02. The van der Waals surface area contributed by atoms with Gasteiger partial charge in [-0.2, -0.15) is 0 Å². The summed E-state index contributed by atoms with van der Waals surface area (Å²) in [6.45, 7) is 6.94. The molecule has 2 heteroatoms. The molecule has 0 spiro atoms. The van der Waals surface area contributed by atoms with E-state index in [1.807, 2.05) is 0 Å². The second-order valence-corrected chi connectivity index (χ2v) is 4.59. The standard InChI is InChI=1S/C13H19NO/c1-10(2)6-7-14-8-11-4-3-5-13(15)12(11)9-14/h8-9,13,15H,1,3-7H2,2H3. The minimum absolute atomic E-state index is 0.236. The zero-order chi connectivity index (χ0) is 10.8. The summed E-state index contributed by atoms with van der Waals surface area (Å²) in [6.07, 6.45) is 8.20. The maximum absolute atomic E-state index is 9.82. The lowest BCUT2D eigenvalue weighted by Gasteiger charge is -2.16. The average molecular weight is 205 g/mol. The number of fused-ring (bicyclic) bond motifs is 1.